The summed E-state index contributed by atoms with van der Waals surface area (Å²) in [5.74, 6) is 0. The molecule has 0 radical (unpaired) electrons. The highest BCUT2D eigenvalue weighted by molar-refractivity contribution is 6.08. The van der Waals surface area contributed by atoms with Crippen molar-refractivity contribution in [3.05, 3.63) is 119 Å². The lowest BCUT2D eigenvalue weighted by molar-refractivity contribution is 1.13. The topological polar surface area (TPSA) is 6.48 Å². The molecule has 5 aromatic carbocycles. The van der Waals surface area contributed by atoms with Gasteiger partial charge >= 0.3 is 0 Å². The van der Waals surface area contributed by atoms with E-state index in [4.69, 9.17) is 0 Å². The van der Waals surface area contributed by atoms with Crippen LogP contribution in [0.4, 0.5) is 11.4 Å². The Bertz CT molecular complexity index is 1430. The summed E-state index contributed by atoms with van der Waals surface area (Å²) in [6.07, 6.45) is 8.73. The Morgan fingerprint density at radius 3 is 1.08 bits per heavy atom. The lowest BCUT2D eigenvalue weighted by Crippen LogP contribution is -2.07. The third-order valence-corrected chi connectivity index (χ3v) is 6.64. The van der Waals surface area contributed by atoms with Crippen LogP contribution in [-0.2, 0) is 0 Å². The summed E-state index contributed by atoms with van der Waals surface area (Å²) in [4.78, 5) is 4.23. The second-order valence-corrected chi connectivity index (χ2v) is 9.67. The number of fused-ring (bicyclic) bond motifs is 3. The largest absolute Gasteiger partial charge is 0.378 e. The van der Waals surface area contributed by atoms with Gasteiger partial charge in [0.25, 0.3) is 0 Å². The van der Waals surface area contributed by atoms with Crippen LogP contribution in [0.1, 0.15) is 22.3 Å². The van der Waals surface area contributed by atoms with Gasteiger partial charge in [-0.15, -0.1) is 0 Å². The van der Waals surface area contributed by atoms with Crippen molar-refractivity contribution in [1.29, 1.82) is 0 Å². The Kier molecular flexibility index (Phi) is 6.60. The van der Waals surface area contributed by atoms with Gasteiger partial charge in [0, 0.05) is 39.6 Å². The zero-order valence-electron chi connectivity index (χ0n) is 21.4. The molecule has 2 heteroatoms. The summed E-state index contributed by atoms with van der Waals surface area (Å²) in [6.45, 7) is 0. The number of benzene rings is 5. The quantitative estimate of drug-likeness (QED) is 0.182. The Hall–Kier alpha value is -4.30. The van der Waals surface area contributed by atoms with Gasteiger partial charge in [0.1, 0.15) is 0 Å². The number of anilines is 2. The molecule has 0 aliphatic rings. The van der Waals surface area contributed by atoms with Gasteiger partial charge in [-0.2, -0.15) is 0 Å². The zero-order chi connectivity index (χ0) is 25.1. The number of nitrogens with zero attached hydrogens (tertiary/aromatic N) is 2. The van der Waals surface area contributed by atoms with E-state index in [1.165, 1.54) is 55.2 Å². The van der Waals surface area contributed by atoms with Crippen molar-refractivity contribution in [2.45, 2.75) is 0 Å². The second kappa shape index (κ2) is 10.1. The molecule has 0 N–H and O–H groups in total. The predicted octanol–water partition coefficient (Wildman–Crippen LogP) is 8.47. The molecular weight excluding hydrogens is 436 g/mol. The predicted molar refractivity (Wildman–Crippen MR) is 161 cm³/mol. The highest BCUT2D eigenvalue weighted by atomic mass is 15.1. The molecular formula is C34H32N2. The number of rotatable bonds is 6. The van der Waals surface area contributed by atoms with E-state index in [-0.39, 0.29) is 0 Å². The van der Waals surface area contributed by atoms with E-state index < -0.39 is 0 Å². The fraction of sp³-hybridized carbons (Fsp3) is 0.118. The third kappa shape index (κ3) is 5.18. The molecule has 0 saturated heterocycles. The molecule has 0 aromatic heterocycles. The normalized spacial score (nSPS) is 11.7. The average molecular weight is 469 g/mol. The van der Waals surface area contributed by atoms with Gasteiger partial charge in [-0.25, -0.2) is 0 Å². The fourth-order valence-electron chi connectivity index (χ4n) is 4.47. The molecule has 0 amide bonds. The van der Waals surface area contributed by atoms with Crippen LogP contribution in [0.15, 0.2) is 97.1 Å². The van der Waals surface area contributed by atoms with Crippen LogP contribution in [0.2, 0.25) is 0 Å². The Labute approximate surface area is 214 Å². The van der Waals surface area contributed by atoms with Crippen molar-refractivity contribution in [1.82, 2.24) is 0 Å². The van der Waals surface area contributed by atoms with Crippen molar-refractivity contribution in [2.24, 2.45) is 0 Å². The molecule has 0 atom stereocenters. The molecule has 0 heterocycles. The van der Waals surface area contributed by atoms with E-state index in [2.05, 4.69) is 159 Å². The molecule has 0 bridgehead atoms. The van der Waals surface area contributed by atoms with E-state index in [1.807, 2.05) is 0 Å². The molecule has 0 unspecified atom stereocenters. The van der Waals surface area contributed by atoms with Crippen LogP contribution in [0.3, 0.4) is 0 Å². The Morgan fingerprint density at radius 2 is 0.722 bits per heavy atom. The van der Waals surface area contributed by atoms with Gasteiger partial charge in [-0.3, -0.25) is 0 Å². The lowest BCUT2D eigenvalue weighted by atomic mass is 9.98. The lowest BCUT2D eigenvalue weighted by Gasteiger charge is -2.11. The van der Waals surface area contributed by atoms with Crippen LogP contribution in [0.5, 0.6) is 0 Å². The summed E-state index contributed by atoms with van der Waals surface area (Å²) < 4.78 is 0. The molecule has 36 heavy (non-hydrogen) atoms. The number of hydrogen-bond donors (Lipinski definition) is 0. The highest BCUT2D eigenvalue weighted by Gasteiger charge is 2.03. The minimum atomic E-state index is 1.20. The SMILES string of the molecule is CN(C)c1ccc(/C=C/c2ccc3c(ccc4cc(/C=C/c5ccc(N(C)C)cc5)ccc43)c2)cc1. The first-order valence-corrected chi connectivity index (χ1v) is 12.3. The Balaban J connectivity index is 1.36. The van der Waals surface area contributed by atoms with E-state index in [0.717, 1.165) is 0 Å². The van der Waals surface area contributed by atoms with E-state index in [1.54, 1.807) is 0 Å². The maximum Gasteiger partial charge on any atom is 0.0361 e. The first kappa shape index (κ1) is 23.4. The van der Waals surface area contributed by atoms with Crippen molar-refractivity contribution in [3.8, 4) is 0 Å². The first-order chi connectivity index (χ1) is 17.5. The smallest absolute Gasteiger partial charge is 0.0361 e. The summed E-state index contributed by atoms with van der Waals surface area (Å²) >= 11 is 0. The van der Waals surface area contributed by atoms with Gasteiger partial charge in [-0.05, 0) is 80.2 Å². The molecule has 0 aliphatic heterocycles. The van der Waals surface area contributed by atoms with E-state index in [9.17, 15) is 0 Å². The summed E-state index contributed by atoms with van der Waals surface area (Å²) in [6, 6.07) is 35.1. The van der Waals surface area contributed by atoms with Crippen molar-refractivity contribution in [2.75, 3.05) is 38.0 Å². The molecule has 0 aliphatic carbocycles. The number of hydrogen-bond acceptors (Lipinski definition) is 2. The summed E-state index contributed by atoms with van der Waals surface area (Å²) in [5.41, 5.74) is 7.24. The minimum Gasteiger partial charge on any atom is -0.378 e. The monoisotopic (exact) mass is 468 g/mol. The maximum atomic E-state index is 2.27. The molecule has 2 nitrogen and oxygen atoms in total. The van der Waals surface area contributed by atoms with Crippen LogP contribution >= 0.6 is 0 Å². The van der Waals surface area contributed by atoms with Crippen LogP contribution in [0.25, 0.3) is 45.8 Å². The first-order valence-electron chi connectivity index (χ1n) is 12.3. The third-order valence-electron chi connectivity index (χ3n) is 6.64. The molecule has 5 rings (SSSR count). The second-order valence-electron chi connectivity index (χ2n) is 9.67. The van der Waals surface area contributed by atoms with Crippen molar-refractivity contribution < 1.29 is 0 Å². The molecule has 178 valence electrons. The molecule has 0 saturated carbocycles. The molecule has 0 fully saturated rings. The summed E-state index contributed by atoms with van der Waals surface area (Å²) in [5, 5.41) is 5.10. The van der Waals surface area contributed by atoms with Crippen LogP contribution in [0, 0.1) is 0 Å². The van der Waals surface area contributed by atoms with Gasteiger partial charge in [0.2, 0.25) is 0 Å². The fourth-order valence-corrected chi connectivity index (χ4v) is 4.47. The maximum absolute atomic E-state index is 2.27. The van der Waals surface area contributed by atoms with Gasteiger partial charge in [0.05, 0.1) is 0 Å². The van der Waals surface area contributed by atoms with Crippen LogP contribution < -0.4 is 9.80 Å². The average Bonchev–Trinajstić information content (AvgIpc) is 2.90. The molecule has 5 aromatic rings. The van der Waals surface area contributed by atoms with Gasteiger partial charge < -0.3 is 9.80 Å². The standard InChI is InChI=1S/C34H32N2/c1-35(2)31-17-9-25(10-18-31)5-7-27-13-21-33-29(23-27)15-16-30-24-28(14-22-34(30)33)8-6-26-11-19-32(20-12-26)36(3)4/h5-24H,1-4H3/b7-5+,8-6+. The van der Waals surface area contributed by atoms with Crippen molar-refractivity contribution >= 4 is 57.2 Å². The van der Waals surface area contributed by atoms with Gasteiger partial charge in [0.15, 0.2) is 0 Å². The minimum absolute atomic E-state index is 1.20. The van der Waals surface area contributed by atoms with E-state index in [0.29, 0.717) is 0 Å². The summed E-state index contributed by atoms with van der Waals surface area (Å²) in [7, 11) is 8.25. The molecule has 0 spiro atoms. The van der Waals surface area contributed by atoms with E-state index >= 15 is 0 Å². The highest BCUT2D eigenvalue weighted by Crippen LogP contribution is 2.28. The zero-order valence-corrected chi connectivity index (χ0v) is 21.4. The van der Waals surface area contributed by atoms with Crippen molar-refractivity contribution in [3.63, 3.8) is 0 Å². The Morgan fingerprint density at radius 1 is 0.389 bits per heavy atom. The van der Waals surface area contributed by atoms with Crippen LogP contribution in [-0.4, -0.2) is 28.2 Å². The van der Waals surface area contributed by atoms with Gasteiger partial charge in [-0.1, -0.05) is 85.0 Å².